The molecular weight excluding hydrogens is 350 g/mol. The molecule has 146 valence electrons. The van der Waals surface area contributed by atoms with Crippen molar-refractivity contribution in [3.8, 4) is 11.5 Å². The van der Waals surface area contributed by atoms with Crippen LogP contribution in [0.5, 0.6) is 11.5 Å². The second-order valence-electron chi connectivity index (χ2n) is 7.61. The Kier molecular flexibility index (Phi) is 5.15. The summed E-state index contributed by atoms with van der Waals surface area (Å²) in [4.78, 5) is 23.8. The zero-order valence-corrected chi connectivity index (χ0v) is 16.0. The Labute approximate surface area is 157 Å². The van der Waals surface area contributed by atoms with Crippen LogP contribution in [0, 0.1) is 6.92 Å². The lowest BCUT2D eigenvalue weighted by molar-refractivity contribution is -0.123. The first-order valence-electron chi connectivity index (χ1n) is 9.03. The summed E-state index contributed by atoms with van der Waals surface area (Å²) >= 11 is 0. The number of benzene rings is 1. The first-order chi connectivity index (χ1) is 12.7. The highest BCUT2D eigenvalue weighted by Crippen LogP contribution is 2.42. The maximum Gasteiger partial charge on any atom is 0.336 e. The minimum absolute atomic E-state index is 0.151. The minimum Gasteiger partial charge on any atom is -0.487 e. The number of carbonyl (C=O) groups is 1. The standard InChI is InChI=1S/C20H25NO6/c1-11-7-17(24)26-19-13-5-6-20(3,4)27-14(13)8-15(18(11)19)25-10-16(23)21-9-12(2)22/h7-8,12,22H,5-6,9-10H2,1-4H3,(H,21,23). The van der Waals surface area contributed by atoms with E-state index in [9.17, 15) is 14.7 Å². The molecule has 0 spiro atoms. The van der Waals surface area contributed by atoms with Crippen molar-refractivity contribution in [2.75, 3.05) is 13.2 Å². The largest absolute Gasteiger partial charge is 0.487 e. The monoisotopic (exact) mass is 375 g/mol. The molecule has 2 aromatic rings. The minimum atomic E-state index is -0.634. The van der Waals surface area contributed by atoms with Gasteiger partial charge in [0.05, 0.1) is 11.5 Å². The Morgan fingerprint density at radius 1 is 1.41 bits per heavy atom. The number of amides is 1. The molecule has 27 heavy (non-hydrogen) atoms. The fourth-order valence-electron chi connectivity index (χ4n) is 3.19. The molecule has 3 rings (SSSR count). The third-order valence-corrected chi connectivity index (χ3v) is 4.56. The van der Waals surface area contributed by atoms with Gasteiger partial charge in [0.25, 0.3) is 5.91 Å². The van der Waals surface area contributed by atoms with Crippen molar-refractivity contribution in [3.05, 3.63) is 33.7 Å². The topological polar surface area (TPSA) is 98.0 Å². The fourth-order valence-corrected chi connectivity index (χ4v) is 3.19. The van der Waals surface area contributed by atoms with Crippen LogP contribution in [0.2, 0.25) is 0 Å². The van der Waals surface area contributed by atoms with Crippen LogP contribution in [0.25, 0.3) is 11.0 Å². The summed E-state index contributed by atoms with van der Waals surface area (Å²) in [5.74, 6) is 0.680. The summed E-state index contributed by atoms with van der Waals surface area (Å²) in [6, 6.07) is 3.16. The van der Waals surface area contributed by atoms with E-state index >= 15 is 0 Å². The molecule has 2 N–H and O–H groups in total. The molecule has 0 aliphatic carbocycles. The van der Waals surface area contributed by atoms with Crippen molar-refractivity contribution >= 4 is 16.9 Å². The third-order valence-electron chi connectivity index (χ3n) is 4.56. The normalized spacial score (nSPS) is 16.3. The average Bonchev–Trinajstić information content (AvgIpc) is 2.56. The maximum absolute atomic E-state index is 11.9. The molecule has 1 aromatic carbocycles. The van der Waals surface area contributed by atoms with Gasteiger partial charge in [-0.05, 0) is 46.1 Å². The summed E-state index contributed by atoms with van der Waals surface area (Å²) < 4.78 is 17.3. The number of aliphatic hydroxyl groups is 1. The second kappa shape index (κ2) is 7.23. The number of ether oxygens (including phenoxy) is 2. The van der Waals surface area contributed by atoms with Gasteiger partial charge in [0, 0.05) is 24.2 Å². The van der Waals surface area contributed by atoms with Crippen molar-refractivity contribution in [2.45, 2.75) is 52.2 Å². The number of aryl methyl sites for hydroxylation is 2. The zero-order valence-electron chi connectivity index (χ0n) is 16.0. The van der Waals surface area contributed by atoms with Crippen LogP contribution in [0.15, 0.2) is 21.3 Å². The molecule has 2 heterocycles. The van der Waals surface area contributed by atoms with Gasteiger partial charge < -0.3 is 24.3 Å². The van der Waals surface area contributed by atoms with Gasteiger partial charge in [-0.3, -0.25) is 4.79 Å². The van der Waals surface area contributed by atoms with Crippen molar-refractivity contribution in [1.82, 2.24) is 5.32 Å². The van der Waals surface area contributed by atoms with Crippen molar-refractivity contribution in [1.29, 1.82) is 0 Å². The Morgan fingerprint density at radius 2 is 2.15 bits per heavy atom. The molecule has 1 aliphatic heterocycles. The quantitative estimate of drug-likeness (QED) is 0.777. The Bertz CT molecular complexity index is 928. The van der Waals surface area contributed by atoms with Gasteiger partial charge in [-0.25, -0.2) is 4.79 Å². The molecule has 1 atom stereocenters. The van der Waals surface area contributed by atoms with Crippen LogP contribution < -0.4 is 20.4 Å². The highest BCUT2D eigenvalue weighted by atomic mass is 16.5. The predicted octanol–water partition coefficient (Wildman–Crippen LogP) is 2.08. The van der Waals surface area contributed by atoms with Crippen LogP contribution in [0.3, 0.4) is 0 Å². The Balaban J connectivity index is 1.99. The SMILES string of the molecule is Cc1cc(=O)oc2c3c(cc(OCC(=O)NCC(C)O)c12)OC(C)(C)CC3. The molecular formula is C20H25NO6. The van der Waals surface area contributed by atoms with Crippen molar-refractivity contribution < 1.29 is 23.8 Å². The van der Waals surface area contributed by atoms with Crippen LogP contribution in [-0.4, -0.2) is 35.9 Å². The molecule has 1 aliphatic rings. The van der Waals surface area contributed by atoms with Gasteiger partial charge in [0.1, 0.15) is 22.7 Å². The summed E-state index contributed by atoms with van der Waals surface area (Å²) in [6.45, 7) is 7.32. The van der Waals surface area contributed by atoms with Crippen LogP contribution in [-0.2, 0) is 11.2 Å². The molecule has 0 radical (unpaired) electrons. The van der Waals surface area contributed by atoms with Crippen LogP contribution >= 0.6 is 0 Å². The number of fused-ring (bicyclic) bond motifs is 3. The molecule has 1 amide bonds. The van der Waals surface area contributed by atoms with E-state index in [1.807, 2.05) is 13.8 Å². The van der Waals surface area contributed by atoms with E-state index in [4.69, 9.17) is 13.9 Å². The highest BCUT2D eigenvalue weighted by molar-refractivity contribution is 5.91. The van der Waals surface area contributed by atoms with Crippen LogP contribution in [0.1, 0.15) is 38.3 Å². The van der Waals surface area contributed by atoms with E-state index in [1.165, 1.54) is 6.07 Å². The Morgan fingerprint density at radius 3 is 2.85 bits per heavy atom. The molecule has 7 heteroatoms. The van der Waals surface area contributed by atoms with Gasteiger partial charge in [0.2, 0.25) is 0 Å². The first-order valence-corrected chi connectivity index (χ1v) is 9.03. The number of rotatable bonds is 5. The molecule has 1 unspecified atom stereocenters. The van der Waals surface area contributed by atoms with Gasteiger partial charge in [-0.2, -0.15) is 0 Å². The van der Waals surface area contributed by atoms with E-state index in [-0.39, 0.29) is 24.7 Å². The maximum atomic E-state index is 11.9. The molecule has 7 nitrogen and oxygen atoms in total. The van der Waals surface area contributed by atoms with Crippen LogP contribution in [0.4, 0.5) is 0 Å². The van der Waals surface area contributed by atoms with E-state index < -0.39 is 11.7 Å². The van der Waals surface area contributed by atoms with E-state index in [0.29, 0.717) is 28.0 Å². The summed E-state index contributed by atoms with van der Waals surface area (Å²) in [7, 11) is 0. The highest BCUT2D eigenvalue weighted by Gasteiger charge is 2.30. The molecule has 0 bridgehead atoms. The summed E-state index contributed by atoms with van der Waals surface area (Å²) in [6.07, 6.45) is 0.889. The van der Waals surface area contributed by atoms with Crippen molar-refractivity contribution in [3.63, 3.8) is 0 Å². The van der Waals surface area contributed by atoms with Crippen molar-refractivity contribution in [2.24, 2.45) is 0 Å². The van der Waals surface area contributed by atoms with Gasteiger partial charge in [-0.15, -0.1) is 0 Å². The van der Waals surface area contributed by atoms with E-state index in [2.05, 4.69) is 5.32 Å². The average molecular weight is 375 g/mol. The number of nitrogens with one attached hydrogen (secondary N) is 1. The predicted molar refractivity (Wildman–Crippen MR) is 100 cm³/mol. The van der Waals surface area contributed by atoms with E-state index in [1.54, 1.807) is 19.9 Å². The third kappa shape index (κ3) is 4.24. The zero-order chi connectivity index (χ0) is 19.8. The number of carbonyl (C=O) groups excluding carboxylic acids is 1. The molecule has 1 aromatic heterocycles. The molecule has 0 fully saturated rings. The molecule has 0 saturated heterocycles. The van der Waals surface area contributed by atoms with Gasteiger partial charge in [-0.1, -0.05) is 0 Å². The summed E-state index contributed by atoms with van der Waals surface area (Å²) in [5.41, 5.74) is 1.24. The second-order valence-corrected chi connectivity index (χ2v) is 7.61. The van der Waals surface area contributed by atoms with Gasteiger partial charge >= 0.3 is 5.63 Å². The molecule has 0 saturated carbocycles. The lowest BCUT2D eigenvalue weighted by Crippen LogP contribution is -2.34. The number of hydrogen-bond donors (Lipinski definition) is 2. The Hall–Kier alpha value is -2.54. The lowest BCUT2D eigenvalue weighted by Gasteiger charge is -2.33. The van der Waals surface area contributed by atoms with Gasteiger partial charge in [0.15, 0.2) is 6.61 Å². The summed E-state index contributed by atoms with van der Waals surface area (Å²) in [5, 5.41) is 12.5. The smallest absolute Gasteiger partial charge is 0.336 e. The first kappa shape index (κ1) is 19.2. The lowest BCUT2D eigenvalue weighted by atomic mass is 9.92. The fraction of sp³-hybridized carbons (Fsp3) is 0.500. The number of aliphatic hydroxyl groups excluding tert-OH is 1. The van der Waals surface area contributed by atoms with E-state index in [0.717, 1.165) is 18.4 Å². The number of hydrogen-bond acceptors (Lipinski definition) is 6.